The number of hydrogen-bond donors (Lipinski definition) is 2. The van der Waals surface area contributed by atoms with Crippen molar-refractivity contribution in [2.24, 2.45) is 5.73 Å². The summed E-state index contributed by atoms with van der Waals surface area (Å²) in [6.45, 7) is 2.01. The Kier molecular flexibility index (Phi) is 8.39. The van der Waals surface area contributed by atoms with Crippen molar-refractivity contribution in [1.82, 2.24) is 4.72 Å². The lowest BCUT2D eigenvalue weighted by Gasteiger charge is -2.11. The van der Waals surface area contributed by atoms with Crippen LogP contribution in [0.4, 0.5) is 0 Å². The second kappa shape index (κ2) is 8.94. The minimum absolute atomic E-state index is 0. The molecule has 0 spiro atoms. The second-order valence-electron chi connectivity index (χ2n) is 4.52. The lowest BCUT2D eigenvalue weighted by Crippen LogP contribution is -2.29. The number of ether oxygens (including phenoxy) is 2. The summed E-state index contributed by atoms with van der Waals surface area (Å²) >= 11 is 0. The molecule has 22 heavy (non-hydrogen) atoms. The van der Waals surface area contributed by atoms with E-state index >= 15 is 0 Å². The van der Waals surface area contributed by atoms with Crippen LogP contribution in [0, 0.1) is 0 Å². The topological polar surface area (TPSA) is 108 Å². The lowest BCUT2D eigenvalue weighted by molar-refractivity contribution is 0.0597. The number of halogens is 1. The van der Waals surface area contributed by atoms with Crippen molar-refractivity contribution in [3.63, 3.8) is 0 Å². The summed E-state index contributed by atoms with van der Waals surface area (Å²) in [5.41, 5.74) is 5.62. The van der Waals surface area contributed by atoms with Crippen LogP contribution in [0.3, 0.4) is 0 Å². The third-order valence-electron chi connectivity index (χ3n) is 2.78. The maximum Gasteiger partial charge on any atom is 0.341 e. The molecule has 1 aromatic rings. The van der Waals surface area contributed by atoms with Gasteiger partial charge in [0.1, 0.15) is 11.3 Å². The maximum atomic E-state index is 12.1. The third kappa shape index (κ3) is 5.45. The Morgan fingerprint density at radius 2 is 2.00 bits per heavy atom. The van der Waals surface area contributed by atoms with Crippen molar-refractivity contribution in [2.75, 3.05) is 20.8 Å². The van der Waals surface area contributed by atoms with Crippen molar-refractivity contribution in [1.29, 1.82) is 0 Å². The Labute approximate surface area is 136 Å². The van der Waals surface area contributed by atoms with Crippen LogP contribution >= 0.6 is 12.4 Å². The van der Waals surface area contributed by atoms with Crippen molar-refractivity contribution in [3.05, 3.63) is 23.8 Å². The van der Waals surface area contributed by atoms with Gasteiger partial charge in [-0.25, -0.2) is 17.9 Å². The number of benzene rings is 1. The van der Waals surface area contributed by atoms with Crippen LogP contribution in [0.25, 0.3) is 0 Å². The molecule has 0 radical (unpaired) electrons. The lowest BCUT2D eigenvalue weighted by atomic mass is 10.2. The molecule has 0 saturated carbocycles. The summed E-state index contributed by atoms with van der Waals surface area (Å²) in [6, 6.07) is 3.89. The van der Waals surface area contributed by atoms with Gasteiger partial charge in [0.15, 0.2) is 0 Å². The van der Waals surface area contributed by atoms with E-state index in [9.17, 15) is 13.2 Å². The minimum Gasteiger partial charge on any atom is -0.496 e. The fourth-order valence-electron chi connectivity index (χ4n) is 1.63. The molecule has 1 atom stereocenters. The number of nitrogens with two attached hydrogens (primary N) is 1. The van der Waals surface area contributed by atoms with Gasteiger partial charge in [0, 0.05) is 12.6 Å². The average molecular weight is 353 g/mol. The molecule has 0 aromatic heterocycles. The summed E-state index contributed by atoms with van der Waals surface area (Å²) in [4.78, 5) is 11.6. The van der Waals surface area contributed by atoms with Crippen LogP contribution in [0.1, 0.15) is 23.7 Å². The smallest absolute Gasteiger partial charge is 0.341 e. The molecule has 7 nitrogen and oxygen atoms in total. The van der Waals surface area contributed by atoms with E-state index in [0.29, 0.717) is 6.42 Å². The third-order valence-corrected chi connectivity index (χ3v) is 4.24. The Morgan fingerprint density at radius 3 is 2.50 bits per heavy atom. The van der Waals surface area contributed by atoms with E-state index in [1.807, 2.05) is 0 Å². The first-order valence-electron chi connectivity index (χ1n) is 6.33. The highest BCUT2D eigenvalue weighted by Crippen LogP contribution is 2.23. The Bertz CT molecular complexity index is 604. The van der Waals surface area contributed by atoms with Gasteiger partial charge in [0.25, 0.3) is 0 Å². The van der Waals surface area contributed by atoms with Crippen molar-refractivity contribution >= 4 is 28.4 Å². The highest BCUT2D eigenvalue weighted by Gasteiger charge is 2.20. The zero-order valence-electron chi connectivity index (χ0n) is 12.7. The molecule has 0 aliphatic heterocycles. The molecule has 0 saturated heterocycles. The standard InChI is InChI=1S/C13H20N2O5S.ClH/c1-9(14)6-7-15-21(17,18)10-4-5-12(19-2)11(8-10)13(16)20-3;/h4-5,8-9,15H,6-7,14H2,1-3H3;1H. The Hall–Kier alpha value is -1.35. The van der Waals surface area contributed by atoms with Crippen LogP contribution in [-0.4, -0.2) is 41.2 Å². The number of rotatable bonds is 7. The zero-order chi connectivity index (χ0) is 16.0. The van der Waals surface area contributed by atoms with Crippen LogP contribution in [0.2, 0.25) is 0 Å². The average Bonchev–Trinajstić information content (AvgIpc) is 2.45. The summed E-state index contributed by atoms with van der Waals surface area (Å²) in [5.74, 6) is -0.420. The van der Waals surface area contributed by atoms with Gasteiger partial charge in [-0.2, -0.15) is 0 Å². The fraction of sp³-hybridized carbons (Fsp3) is 0.462. The summed E-state index contributed by atoms with van der Waals surface area (Å²) in [5, 5.41) is 0. The number of sulfonamides is 1. The fourth-order valence-corrected chi connectivity index (χ4v) is 2.70. The van der Waals surface area contributed by atoms with Crippen molar-refractivity contribution < 1.29 is 22.7 Å². The molecule has 0 aliphatic carbocycles. The van der Waals surface area contributed by atoms with E-state index in [1.54, 1.807) is 6.92 Å². The summed E-state index contributed by atoms with van der Waals surface area (Å²) < 4.78 is 36.3. The maximum absolute atomic E-state index is 12.1. The van der Waals surface area contributed by atoms with E-state index in [4.69, 9.17) is 10.5 Å². The van der Waals surface area contributed by atoms with E-state index in [0.717, 1.165) is 0 Å². The first-order valence-corrected chi connectivity index (χ1v) is 7.81. The Balaban J connectivity index is 0.00000441. The Morgan fingerprint density at radius 1 is 1.36 bits per heavy atom. The van der Waals surface area contributed by atoms with Gasteiger partial charge in [-0.3, -0.25) is 0 Å². The first kappa shape index (κ1) is 20.6. The molecule has 1 aromatic carbocycles. The van der Waals surface area contributed by atoms with Crippen molar-refractivity contribution in [2.45, 2.75) is 24.3 Å². The number of carbonyl (C=O) groups is 1. The highest BCUT2D eigenvalue weighted by atomic mass is 35.5. The summed E-state index contributed by atoms with van der Waals surface area (Å²) in [7, 11) is -1.12. The van der Waals surface area contributed by atoms with E-state index in [1.165, 1.54) is 32.4 Å². The highest BCUT2D eigenvalue weighted by molar-refractivity contribution is 7.89. The van der Waals surface area contributed by atoms with Gasteiger partial charge in [-0.15, -0.1) is 12.4 Å². The molecule has 0 fully saturated rings. The number of nitrogens with one attached hydrogen (secondary N) is 1. The normalized spacial score (nSPS) is 12.2. The van der Waals surface area contributed by atoms with Gasteiger partial charge in [-0.1, -0.05) is 0 Å². The largest absolute Gasteiger partial charge is 0.496 e. The molecule has 3 N–H and O–H groups in total. The van der Waals surface area contributed by atoms with Crippen LogP contribution in [0.5, 0.6) is 5.75 Å². The van der Waals surface area contributed by atoms with Crippen LogP contribution in [0.15, 0.2) is 23.1 Å². The van der Waals surface area contributed by atoms with Gasteiger partial charge in [0.2, 0.25) is 10.0 Å². The van der Waals surface area contributed by atoms with Crippen LogP contribution in [-0.2, 0) is 14.8 Å². The van der Waals surface area contributed by atoms with Crippen LogP contribution < -0.4 is 15.2 Å². The minimum atomic E-state index is -3.71. The number of hydrogen-bond acceptors (Lipinski definition) is 6. The monoisotopic (exact) mass is 352 g/mol. The van der Waals surface area contributed by atoms with E-state index < -0.39 is 16.0 Å². The number of esters is 1. The molecular formula is C13H21ClN2O5S. The molecule has 1 unspecified atom stereocenters. The number of carbonyl (C=O) groups excluding carboxylic acids is 1. The van der Waals surface area contributed by atoms with Crippen molar-refractivity contribution in [3.8, 4) is 5.75 Å². The molecular weight excluding hydrogens is 332 g/mol. The predicted molar refractivity (Wildman–Crippen MR) is 85.0 cm³/mol. The zero-order valence-corrected chi connectivity index (χ0v) is 14.3. The van der Waals surface area contributed by atoms with E-state index in [2.05, 4.69) is 9.46 Å². The van der Waals surface area contributed by atoms with Gasteiger partial charge >= 0.3 is 5.97 Å². The molecule has 0 heterocycles. The molecule has 1 rings (SSSR count). The molecule has 0 amide bonds. The molecule has 0 aliphatic rings. The second-order valence-corrected chi connectivity index (χ2v) is 6.28. The SMILES string of the molecule is COC(=O)c1cc(S(=O)(=O)NCCC(C)N)ccc1OC.Cl. The molecule has 9 heteroatoms. The van der Waals surface area contributed by atoms with E-state index in [-0.39, 0.29) is 41.2 Å². The molecule has 126 valence electrons. The van der Waals surface area contributed by atoms with Gasteiger partial charge in [0.05, 0.1) is 19.1 Å². The summed E-state index contributed by atoms with van der Waals surface area (Å²) in [6.07, 6.45) is 0.513. The molecule has 0 bridgehead atoms. The van der Waals surface area contributed by atoms with Gasteiger partial charge < -0.3 is 15.2 Å². The first-order chi connectivity index (χ1) is 9.81. The van der Waals surface area contributed by atoms with Gasteiger partial charge in [-0.05, 0) is 31.5 Å². The number of methoxy groups -OCH3 is 2. The quantitative estimate of drug-likeness (QED) is 0.706. The predicted octanol–water partition coefficient (Wildman–Crippen LogP) is 0.919.